The van der Waals surface area contributed by atoms with Crippen LogP contribution in [0.4, 0.5) is 4.79 Å². The van der Waals surface area contributed by atoms with Crippen molar-refractivity contribution < 1.29 is 42.9 Å². The molecule has 1 saturated heterocycles. The molecule has 0 saturated carbocycles. The Bertz CT molecular complexity index is 1730. The number of oxime groups is 1. The number of hydrogen-bond acceptors (Lipinski definition) is 10. The molecular formula is C42H51N3O9. The summed E-state index contributed by atoms with van der Waals surface area (Å²) in [5.74, 6) is 0.847. The van der Waals surface area contributed by atoms with E-state index in [-0.39, 0.29) is 37.2 Å². The number of aryl methyl sites for hydroxylation is 1. The van der Waals surface area contributed by atoms with E-state index in [1.807, 2.05) is 50.3 Å². The Kier molecular flexibility index (Phi) is 14.5. The second-order valence-corrected chi connectivity index (χ2v) is 13.5. The molecule has 0 radical (unpaired) electrons. The first kappa shape index (κ1) is 39.8. The Labute approximate surface area is 317 Å². The quantitative estimate of drug-likeness (QED) is 0.0587. The Balaban J connectivity index is 1.17. The number of alkyl carbamates (subject to hydrolysis) is 1. The van der Waals surface area contributed by atoms with Crippen molar-refractivity contribution in [1.82, 2.24) is 10.2 Å². The number of nitrogens with one attached hydrogen (secondary N) is 1. The van der Waals surface area contributed by atoms with Crippen LogP contribution in [-0.2, 0) is 23.8 Å². The summed E-state index contributed by atoms with van der Waals surface area (Å²) < 4.78 is 28.2. The van der Waals surface area contributed by atoms with Crippen LogP contribution in [0.2, 0.25) is 0 Å². The largest absolute Gasteiger partial charge is 0.497 e. The van der Waals surface area contributed by atoms with Crippen molar-refractivity contribution >= 4 is 24.2 Å². The first-order valence-electron chi connectivity index (χ1n) is 18.5. The van der Waals surface area contributed by atoms with E-state index in [9.17, 15) is 14.4 Å². The van der Waals surface area contributed by atoms with Crippen LogP contribution in [0.3, 0.4) is 0 Å². The zero-order valence-corrected chi connectivity index (χ0v) is 31.6. The van der Waals surface area contributed by atoms with Gasteiger partial charge < -0.3 is 38.7 Å². The summed E-state index contributed by atoms with van der Waals surface area (Å²) >= 11 is 0. The van der Waals surface area contributed by atoms with Crippen molar-refractivity contribution in [3.8, 4) is 11.5 Å². The highest BCUT2D eigenvalue weighted by molar-refractivity contribution is 5.98. The highest BCUT2D eigenvalue weighted by atomic mass is 16.6. The van der Waals surface area contributed by atoms with Crippen molar-refractivity contribution in [2.45, 2.75) is 76.9 Å². The molecule has 5 rings (SSSR count). The van der Waals surface area contributed by atoms with Crippen molar-refractivity contribution in [1.29, 1.82) is 0 Å². The molecule has 12 heteroatoms. The predicted molar refractivity (Wildman–Crippen MR) is 204 cm³/mol. The third-order valence-corrected chi connectivity index (χ3v) is 9.59. The van der Waals surface area contributed by atoms with Crippen molar-refractivity contribution in [2.24, 2.45) is 11.1 Å². The normalized spacial score (nSPS) is 22.4. The predicted octanol–water partition coefficient (Wildman–Crippen LogP) is 6.81. The molecule has 0 spiro atoms. The number of likely N-dealkylation sites (tertiary alicyclic amines) is 1. The Hall–Kier alpha value is -5.36. The highest BCUT2D eigenvalue weighted by Crippen LogP contribution is 2.40. The number of methoxy groups -OCH3 is 2. The van der Waals surface area contributed by atoms with Crippen LogP contribution in [-0.4, -0.2) is 87.4 Å². The molecule has 2 aliphatic rings. The average molecular weight is 742 g/mol. The van der Waals surface area contributed by atoms with Gasteiger partial charge in [-0.1, -0.05) is 67.0 Å². The Morgan fingerprint density at radius 1 is 0.944 bits per heavy atom. The van der Waals surface area contributed by atoms with Gasteiger partial charge in [0.2, 0.25) is 0 Å². The lowest BCUT2D eigenvalue weighted by Crippen LogP contribution is -2.52. The lowest BCUT2D eigenvalue weighted by atomic mass is 9.82. The number of hydrogen-bond donors (Lipinski definition) is 1. The SMILES string of the molecule is CCCNC(=O)OC[C@H]1O[C@H](CCO/N=C/c2ccc(C(=O)N3[C@H](c4ccc(C)cc4)[C@@H](C)CC[C@H]3C(=O)OC)cc2)C=C[C@@H]1Oc1ccc(OC)cc1. The first-order chi connectivity index (χ1) is 26.2. The molecule has 0 aliphatic carbocycles. The fourth-order valence-corrected chi connectivity index (χ4v) is 6.62. The number of rotatable bonds is 15. The summed E-state index contributed by atoms with van der Waals surface area (Å²) in [6.07, 6.45) is 6.14. The lowest BCUT2D eigenvalue weighted by molar-refractivity contribution is -0.149. The van der Waals surface area contributed by atoms with E-state index in [0.717, 1.165) is 29.5 Å². The maximum absolute atomic E-state index is 14.1. The molecule has 6 atom stereocenters. The molecule has 2 heterocycles. The van der Waals surface area contributed by atoms with Gasteiger partial charge in [0.15, 0.2) is 0 Å². The van der Waals surface area contributed by atoms with E-state index < -0.39 is 30.3 Å². The van der Waals surface area contributed by atoms with Crippen LogP contribution in [0.25, 0.3) is 0 Å². The van der Waals surface area contributed by atoms with Crippen LogP contribution in [0, 0.1) is 12.8 Å². The van der Waals surface area contributed by atoms with Gasteiger partial charge in [-0.25, -0.2) is 9.59 Å². The standard InChI is InChI=1S/C42H51N3O9/c1-6-24-43-42(48)51-27-38-37(53-34-18-16-33(49-4)17-19-34)22-20-35(54-38)23-25-52-44-26-30-10-14-32(15-11-30)40(46)45-36(41(47)50-5)21-9-29(3)39(45)31-12-7-28(2)8-13-31/h7-8,10-20,22,26,29,35-39H,6,9,21,23-25,27H2,1-5H3,(H,43,48)/b44-26+/t29-,35-,36-,37-,38+,39-/m0/s1. The zero-order chi connectivity index (χ0) is 38.5. The molecule has 1 N–H and O–H groups in total. The summed E-state index contributed by atoms with van der Waals surface area (Å²) in [5, 5.41) is 6.83. The molecule has 3 aromatic carbocycles. The number of ether oxygens (including phenoxy) is 5. The summed E-state index contributed by atoms with van der Waals surface area (Å²) in [7, 11) is 2.96. The van der Waals surface area contributed by atoms with Crippen LogP contribution < -0.4 is 14.8 Å². The summed E-state index contributed by atoms with van der Waals surface area (Å²) in [5.41, 5.74) is 3.32. The fourth-order valence-electron chi connectivity index (χ4n) is 6.62. The van der Waals surface area contributed by atoms with E-state index in [1.54, 1.807) is 66.8 Å². The molecule has 2 amide bonds. The molecule has 2 aliphatic heterocycles. The number of carbonyl (C=O) groups is 3. The zero-order valence-electron chi connectivity index (χ0n) is 31.6. The highest BCUT2D eigenvalue weighted by Gasteiger charge is 2.43. The van der Waals surface area contributed by atoms with Crippen molar-refractivity contribution in [3.63, 3.8) is 0 Å². The molecule has 0 unspecified atom stereocenters. The Morgan fingerprint density at radius 2 is 1.67 bits per heavy atom. The van der Waals surface area contributed by atoms with Gasteiger partial charge >= 0.3 is 12.1 Å². The van der Waals surface area contributed by atoms with Crippen molar-refractivity contribution in [3.05, 3.63) is 107 Å². The van der Waals surface area contributed by atoms with E-state index in [1.165, 1.54) is 7.11 Å². The number of piperidine rings is 1. The molecular weight excluding hydrogens is 690 g/mol. The minimum Gasteiger partial charge on any atom is -0.497 e. The van der Waals surface area contributed by atoms with E-state index >= 15 is 0 Å². The van der Waals surface area contributed by atoms with Gasteiger partial charge in [-0.2, -0.15) is 0 Å². The molecule has 288 valence electrons. The maximum Gasteiger partial charge on any atom is 0.407 e. The van der Waals surface area contributed by atoms with Crippen molar-refractivity contribution in [2.75, 3.05) is 34.0 Å². The van der Waals surface area contributed by atoms with Gasteiger partial charge in [0.1, 0.15) is 43.0 Å². The van der Waals surface area contributed by atoms with Gasteiger partial charge in [-0.15, -0.1) is 0 Å². The lowest BCUT2D eigenvalue weighted by Gasteiger charge is -2.44. The third kappa shape index (κ3) is 10.6. The molecule has 0 bridgehead atoms. The van der Waals surface area contributed by atoms with Gasteiger partial charge in [0, 0.05) is 18.5 Å². The summed E-state index contributed by atoms with van der Waals surface area (Å²) in [6, 6.07) is 21.4. The monoisotopic (exact) mass is 741 g/mol. The number of amides is 2. The minimum atomic E-state index is -0.678. The van der Waals surface area contributed by atoms with Crippen LogP contribution in [0.5, 0.6) is 11.5 Å². The van der Waals surface area contributed by atoms with E-state index in [2.05, 4.69) is 17.4 Å². The van der Waals surface area contributed by atoms with Gasteiger partial charge in [0.05, 0.1) is 32.6 Å². The summed E-state index contributed by atoms with van der Waals surface area (Å²) in [6.45, 7) is 6.88. The molecule has 12 nitrogen and oxygen atoms in total. The third-order valence-electron chi connectivity index (χ3n) is 9.59. The first-order valence-corrected chi connectivity index (χ1v) is 18.5. The topological polar surface area (TPSA) is 134 Å². The minimum absolute atomic E-state index is 0.00145. The van der Waals surface area contributed by atoms with Crippen LogP contribution in [0.15, 0.2) is 90.1 Å². The number of nitrogens with zero attached hydrogens (tertiary/aromatic N) is 2. The number of carbonyl (C=O) groups excluding carboxylic acids is 3. The van der Waals surface area contributed by atoms with Gasteiger partial charge in [0.25, 0.3) is 5.91 Å². The number of benzene rings is 3. The molecule has 3 aromatic rings. The molecule has 0 aromatic heterocycles. The van der Waals surface area contributed by atoms with Gasteiger partial charge in [-0.3, -0.25) is 4.79 Å². The smallest absolute Gasteiger partial charge is 0.407 e. The molecule has 54 heavy (non-hydrogen) atoms. The summed E-state index contributed by atoms with van der Waals surface area (Å²) in [4.78, 5) is 46.4. The number of esters is 1. The van der Waals surface area contributed by atoms with Crippen LogP contribution >= 0.6 is 0 Å². The molecule has 1 fully saturated rings. The fraction of sp³-hybridized carbons (Fsp3) is 0.429. The van der Waals surface area contributed by atoms with Gasteiger partial charge in [-0.05, 0) is 85.7 Å². The van der Waals surface area contributed by atoms with E-state index in [0.29, 0.717) is 36.4 Å². The maximum atomic E-state index is 14.1. The second kappa shape index (κ2) is 19.6. The Morgan fingerprint density at radius 3 is 2.35 bits per heavy atom. The average Bonchev–Trinajstić information content (AvgIpc) is 3.20. The van der Waals surface area contributed by atoms with E-state index in [4.69, 9.17) is 28.5 Å². The second-order valence-electron chi connectivity index (χ2n) is 13.5. The van der Waals surface area contributed by atoms with Crippen LogP contribution in [0.1, 0.15) is 72.6 Å².